The van der Waals surface area contributed by atoms with Gasteiger partial charge in [0.25, 0.3) is 5.91 Å². The van der Waals surface area contributed by atoms with Gasteiger partial charge in [-0.3, -0.25) is 9.59 Å². The van der Waals surface area contributed by atoms with Crippen molar-refractivity contribution in [3.8, 4) is 5.75 Å². The second-order valence-corrected chi connectivity index (χ2v) is 5.77. The molecule has 4 nitrogen and oxygen atoms in total. The van der Waals surface area contributed by atoms with Gasteiger partial charge in [-0.15, -0.1) is 0 Å². The lowest BCUT2D eigenvalue weighted by Gasteiger charge is -2.31. The van der Waals surface area contributed by atoms with Crippen LogP contribution < -0.4 is 4.74 Å². The third-order valence-electron chi connectivity index (χ3n) is 3.71. The van der Waals surface area contributed by atoms with Crippen molar-refractivity contribution in [1.82, 2.24) is 4.90 Å². The van der Waals surface area contributed by atoms with Crippen molar-refractivity contribution < 1.29 is 14.3 Å². The molecule has 1 saturated heterocycles. The molecule has 1 heterocycles. The van der Waals surface area contributed by atoms with E-state index in [1.807, 2.05) is 6.92 Å². The van der Waals surface area contributed by atoms with Crippen LogP contribution in [0.25, 0.3) is 0 Å². The Morgan fingerprint density at radius 2 is 2.25 bits per heavy atom. The van der Waals surface area contributed by atoms with Gasteiger partial charge in [0.15, 0.2) is 0 Å². The van der Waals surface area contributed by atoms with Crippen molar-refractivity contribution in [2.75, 3.05) is 20.2 Å². The summed E-state index contributed by atoms with van der Waals surface area (Å²) in [5, 5.41) is 0. The predicted molar refractivity (Wildman–Crippen MR) is 80.0 cm³/mol. The van der Waals surface area contributed by atoms with Gasteiger partial charge >= 0.3 is 0 Å². The monoisotopic (exact) mass is 339 g/mol. The van der Waals surface area contributed by atoms with Crippen LogP contribution in [0, 0.1) is 5.92 Å². The topological polar surface area (TPSA) is 46.6 Å². The molecule has 1 fully saturated rings. The lowest BCUT2D eigenvalue weighted by atomic mass is 9.93. The van der Waals surface area contributed by atoms with Gasteiger partial charge in [-0.2, -0.15) is 0 Å². The lowest BCUT2D eigenvalue weighted by Crippen LogP contribution is -2.44. The quantitative estimate of drug-likeness (QED) is 0.850. The molecule has 1 aromatic rings. The zero-order valence-electron chi connectivity index (χ0n) is 11.7. The molecule has 1 amide bonds. The van der Waals surface area contributed by atoms with Gasteiger partial charge in [0.1, 0.15) is 11.5 Å². The highest BCUT2D eigenvalue weighted by atomic mass is 79.9. The first kappa shape index (κ1) is 15.0. The highest BCUT2D eigenvalue weighted by Gasteiger charge is 2.29. The second kappa shape index (κ2) is 6.39. The Bertz CT molecular complexity index is 530. The van der Waals surface area contributed by atoms with Crippen molar-refractivity contribution >= 4 is 27.6 Å². The van der Waals surface area contributed by atoms with Gasteiger partial charge in [0.05, 0.1) is 12.7 Å². The van der Waals surface area contributed by atoms with E-state index in [-0.39, 0.29) is 17.6 Å². The number of ketones is 1. The number of halogens is 1. The molecule has 0 aromatic heterocycles. The van der Waals surface area contributed by atoms with Crippen LogP contribution in [0.4, 0.5) is 0 Å². The summed E-state index contributed by atoms with van der Waals surface area (Å²) in [6, 6.07) is 5.33. The molecule has 1 unspecified atom stereocenters. The highest BCUT2D eigenvalue weighted by molar-refractivity contribution is 9.10. The number of nitrogens with zero attached hydrogens (tertiary/aromatic N) is 1. The van der Waals surface area contributed by atoms with Gasteiger partial charge in [-0.25, -0.2) is 0 Å². The molecule has 108 valence electrons. The van der Waals surface area contributed by atoms with Crippen LogP contribution in [-0.4, -0.2) is 36.8 Å². The van der Waals surface area contributed by atoms with Crippen LogP contribution in [0.3, 0.4) is 0 Å². The fourth-order valence-electron chi connectivity index (χ4n) is 2.42. The minimum Gasteiger partial charge on any atom is -0.497 e. The molecule has 20 heavy (non-hydrogen) atoms. The van der Waals surface area contributed by atoms with E-state index in [2.05, 4.69) is 15.9 Å². The molecule has 0 aliphatic carbocycles. The van der Waals surface area contributed by atoms with Crippen molar-refractivity contribution in [2.24, 2.45) is 5.92 Å². The summed E-state index contributed by atoms with van der Waals surface area (Å²) in [6.07, 6.45) is 1.23. The maximum atomic E-state index is 12.6. The smallest absolute Gasteiger partial charge is 0.255 e. The van der Waals surface area contributed by atoms with Crippen molar-refractivity contribution in [2.45, 2.75) is 19.8 Å². The van der Waals surface area contributed by atoms with Gasteiger partial charge in [0, 0.05) is 29.9 Å². The number of Topliss-reactive ketones (excluding diaryl/α,β-unsaturated/α-hetero) is 1. The standard InChI is InChI=1S/C15H18BrNO3/c1-3-10-9-17(7-6-14(10)18)15(19)12-8-11(20-2)4-5-13(12)16/h4-5,8,10H,3,6-7,9H2,1-2H3. The Kier molecular flexibility index (Phi) is 4.81. The molecule has 0 N–H and O–H groups in total. The van der Waals surface area contributed by atoms with Gasteiger partial charge in [-0.05, 0) is 40.5 Å². The van der Waals surface area contributed by atoms with Crippen molar-refractivity contribution in [3.05, 3.63) is 28.2 Å². The van der Waals surface area contributed by atoms with Crippen LogP contribution in [0.5, 0.6) is 5.75 Å². The molecule has 5 heteroatoms. The van der Waals surface area contributed by atoms with Crippen molar-refractivity contribution in [3.63, 3.8) is 0 Å². The van der Waals surface area contributed by atoms with E-state index in [9.17, 15) is 9.59 Å². The summed E-state index contributed by atoms with van der Waals surface area (Å²) in [7, 11) is 1.57. The number of benzene rings is 1. The van der Waals surface area contributed by atoms with Gasteiger partial charge < -0.3 is 9.64 Å². The number of methoxy groups -OCH3 is 1. The van der Waals surface area contributed by atoms with Crippen LogP contribution in [0.15, 0.2) is 22.7 Å². The minimum atomic E-state index is -0.0540. The SMILES string of the molecule is CCC1CN(C(=O)c2cc(OC)ccc2Br)CCC1=O. The van der Waals surface area contributed by atoms with Crippen LogP contribution in [-0.2, 0) is 4.79 Å². The number of carbonyl (C=O) groups excluding carboxylic acids is 2. The molecular formula is C15H18BrNO3. The minimum absolute atomic E-state index is 0.0305. The molecule has 0 spiro atoms. The van der Waals surface area contributed by atoms with Crippen molar-refractivity contribution in [1.29, 1.82) is 0 Å². The number of ether oxygens (including phenoxy) is 1. The van der Waals surface area contributed by atoms with Crippen LogP contribution in [0.1, 0.15) is 30.1 Å². The summed E-state index contributed by atoms with van der Waals surface area (Å²) in [4.78, 5) is 26.1. The molecule has 1 aliphatic rings. The average Bonchev–Trinajstić information content (AvgIpc) is 2.47. The van der Waals surface area contributed by atoms with Crippen LogP contribution in [0.2, 0.25) is 0 Å². The first-order chi connectivity index (χ1) is 9.56. The van der Waals surface area contributed by atoms with E-state index in [0.29, 0.717) is 30.8 Å². The Morgan fingerprint density at radius 1 is 1.50 bits per heavy atom. The highest BCUT2D eigenvalue weighted by Crippen LogP contribution is 2.26. The summed E-state index contributed by atoms with van der Waals surface area (Å²) >= 11 is 3.40. The van der Waals surface area contributed by atoms with Gasteiger partial charge in [-0.1, -0.05) is 6.92 Å². The third-order valence-corrected chi connectivity index (χ3v) is 4.40. The summed E-state index contributed by atoms with van der Waals surface area (Å²) in [5.74, 6) is 0.830. The number of rotatable bonds is 3. The average molecular weight is 340 g/mol. The largest absolute Gasteiger partial charge is 0.497 e. The van der Waals surface area contributed by atoms with E-state index in [1.54, 1.807) is 30.2 Å². The summed E-state index contributed by atoms with van der Waals surface area (Å²) in [5.41, 5.74) is 0.577. The molecule has 0 bridgehead atoms. The fraction of sp³-hybridized carbons (Fsp3) is 0.467. The number of likely N-dealkylation sites (tertiary alicyclic amines) is 1. The third kappa shape index (κ3) is 3.03. The lowest BCUT2D eigenvalue weighted by molar-refractivity contribution is -0.125. The molecular weight excluding hydrogens is 322 g/mol. The van der Waals surface area contributed by atoms with E-state index < -0.39 is 0 Å². The number of hydrogen-bond acceptors (Lipinski definition) is 3. The maximum Gasteiger partial charge on any atom is 0.255 e. The molecule has 1 atom stereocenters. The number of amides is 1. The first-order valence-corrected chi connectivity index (χ1v) is 7.51. The Morgan fingerprint density at radius 3 is 2.90 bits per heavy atom. The Balaban J connectivity index is 2.21. The maximum absolute atomic E-state index is 12.6. The molecule has 0 radical (unpaired) electrons. The van der Waals surface area contributed by atoms with E-state index in [4.69, 9.17) is 4.74 Å². The zero-order chi connectivity index (χ0) is 14.7. The number of hydrogen-bond donors (Lipinski definition) is 0. The Labute approximate surface area is 127 Å². The number of piperidine rings is 1. The molecule has 1 aliphatic heterocycles. The summed E-state index contributed by atoms with van der Waals surface area (Å²) < 4.78 is 5.90. The van der Waals surface area contributed by atoms with Crippen LogP contribution >= 0.6 is 15.9 Å². The predicted octanol–water partition coefficient (Wildman–Crippen LogP) is 2.90. The zero-order valence-corrected chi connectivity index (χ0v) is 13.3. The van der Waals surface area contributed by atoms with E-state index in [1.165, 1.54) is 0 Å². The van der Waals surface area contributed by atoms with E-state index >= 15 is 0 Å². The normalized spacial score (nSPS) is 19.1. The Hall–Kier alpha value is -1.36. The fourth-order valence-corrected chi connectivity index (χ4v) is 2.83. The second-order valence-electron chi connectivity index (χ2n) is 4.92. The number of carbonyl (C=O) groups is 2. The van der Waals surface area contributed by atoms with E-state index in [0.717, 1.165) is 10.9 Å². The molecule has 2 rings (SSSR count). The first-order valence-electron chi connectivity index (χ1n) is 6.72. The van der Waals surface area contributed by atoms with Gasteiger partial charge in [0.2, 0.25) is 0 Å². The molecule has 0 saturated carbocycles. The molecule has 1 aromatic carbocycles. The summed E-state index contributed by atoms with van der Waals surface area (Å²) in [6.45, 7) is 2.99.